The van der Waals surface area contributed by atoms with Gasteiger partial charge in [-0.15, -0.1) is 0 Å². The van der Waals surface area contributed by atoms with Gasteiger partial charge in [0.2, 0.25) is 5.91 Å². The van der Waals surface area contributed by atoms with Crippen molar-refractivity contribution in [3.8, 4) is 0 Å². The highest BCUT2D eigenvalue weighted by Crippen LogP contribution is 2.16. The second kappa shape index (κ2) is 9.62. The highest BCUT2D eigenvalue weighted by molar-refractivity contribution is 5.84. The monoisotopic (exact) mass is 365 g/mol. The van der Waals surface area contributed by atoms with Crippen molar-refractivity contribution in [3.63, 3.8) is 0 Å². The van der Waals surface area contributed by atoms with Gasteiger partial charge < -0.3 is 23.9 Å². The van der Waals surface area contributed by atoms with Crippen molar-refractivity contribution in [2.45, 2.75) is 51.8 Å². The van der Waals surface area contributed by atoms with E-state index in [4.69, 9.17) is 9.15 Å². The average molecular weight is 365 g/mol. The van der Waals surface area contributed by atoms with Gasteiger partial charge in [-0.05, 0) is 38.3 Å². The lowest BCUT2D eigenvalue weighted by Crippen LogP contribution is -2.50. The van der Waals surface area contributed by atoms with E-state index in [1.165, 1.54) is 4.90 Å². The first-order valence-electron chi connectivity index (χ1n) is 9.32. The summed E-state index contributed by atoms with van der Waals surface area (Å²) in [5, 5.41) is 0. The molecule has 2 atom stereocenters. The topological polar surface area (TPSA) is 66.2 Å². The number of carbonyl (C=O) groups is 2. The third kappa shape index (κ3) is 5.49. The molecule has 1 aliphatic heterocycles. The van der Waals surface area contributed by atoms with Gasteiger partial charge in [-0.3, -0.25) is 4.79 Å². The quantitative estimate of drug-likeness (QED) is 0.710. The van der Waals surface area contributed by atoms with Gasteiger partial charge in [-0.25, -0.2) is 4.79 Å². The van der Waals surface area contributed by atoms with E-state index in [1.807, 2.05) is 26.0 Å². The summed E-state index contributed by atoms with van der Waals surface area (Å²) < 4.78 is 11.1. The number of carbonyl (C=O) groups excluding carboxylic acids is 2. The SMILES string of the molecule is CC[C@@H](C)N(CC(=O)N(Cc1ccco1)C[C@@H]1CCCO1)C(=O)N(C)C. The highest BCUT2D eigenvalue weighted by atomic mass is 16.5. The van der Waals surface area contributed by atoms with Crippen LogP contribution in [0.3, 0.4) is 0 Å². The molecule has 1 aromatic rings. The summed E-state index contributed by atoms with van der Waals surface area (Å²) >= 11 is 0. The lowest BCUT2D eigenvalue weighted by molar-refractivity contribution is -0.134. The number of hydrogen-bond donors (Lipinski definition) is 0. The van der Waals surface area contributed by atoms with E-state index in [0.29, 0.717) is 13.1 Å². The molecule has 1 aliphatic rings. The van der Waals surface area contributed by atoms with Crippen molar-refractivity contribution in [1.82, 2.24) is 14.7 Å². The Bertz CT molecular complexity index is 567. The van der Waals surface area contributed by atoms with Crippen LogP contribution < -0.4 is 0 Å². The van der Waals surface area contributed by atoms with Crippen LogP contribution in [0.2, 0.25) is 0 Å². The summed E-state index contributed by atoms with van der Waals surface area (Å²) in [7, 11) is 3.41. The Morgan fingerprint density at radius 3 is 2.65 bits per heavy atom. The highest BCUT2D eigenvalue weighted by Gasteiger charge is 2.28. The minimum Gasteiger partial charge on any atom is -0.467 e. The number of furan rings is 1. The molecule has 1 saturated heterocycles. The molecular weight excluding hydrogens is 334 g/mol. The number of rotatable bonds is 8. The third-order valence-corrected chi connectivity index (χ3v) is 4.78. The van der Waals surface area contributed by atoms with E-state index >= 15 is 0 Å². The Morgan fingerprint density at radius 2 is 2.12 bits per heavy atom. The molecule has 26 heavy (non-hydrogen) atoms. The molecule has 146 valence electrons. The van der Waals surface area contributed by atoms with Gasteiger partial charge in [0.15, 0.2) is 0 Å². The molecule has 7 nitrogen and oxygen atoms in total. The van der Waals surface area contributed by atoms with Gasteiger partial charge in [-0.1, -0.05) is 6.92 Å². The Morgan fingerprint density at radius 1 is 1.35 bits per heavy atom. The number of amides is 3. The van der Waals surface area contributed by atoms with Crippen LogP contribution >= 0.6 is 0 Å². The molecule has 2 heterocycles. The van der Waals surface area contributed by atoms with Gasteiger partial charge in [0.05, 0.1) is 18.9 Å². The van der Waals surface area contributed by atoms with E-state index in [2.05, 4.69) is 0 Å². The summed E-state index contributed by atoms with van der Waals surface area (Å²) in [6.45, 7) is 5.68. The molecule has 0 bridgehead atoms. The minimum atomic E-state index is -0.150. The zero-order chi connectivity index (χ0) is 19.1. The lowest BCUT2D eigenvalue weighted by Gasteiger charge is -2.33. The molecule has 0 aromatic carbocycles. The predicted octanol–water partition coefficient (Wildman–Crippen LogP) is 2.57. The Hall–Kier alpha value is -2.02. The second-order valence-corrected chi connectivity index (χ2v) is 7.05. The van der Waals surface area contributed by atoms with Crippen molar-refractivity contribution < 1.29 is 18.7 Å². The largest absolute Gasteiger partial charge is 0.467 e. The molecular formula is C19H31N3O4. The molecule has 1 aromatic heterocycles. The Labute approximate surface area is 155 Å². The predicted molar refractivity (Wildman–Crippen MR) is 98.6 cm³/mol. The van der Waals surface area contributed by atoms with E-state index in [1.54, 1.807) is 30.2 Å². The van der Waals surface area contributed by atoms with Gasteiger partial charge in [0.25, 0.3) is 0 Å². The van der Waals surface area contributed by atoms with Crippen molar-refractivity contribution in [1.29, 1.82) is 0 Å². The fourth-order valence-electron chi connectivity index (χ4n) is 3.01. The van der Waals surface area contributed by atoms with E-state index in [-0.39, 0.29) is 30.6 Å². The summed E-state index contributed by atoms with van der Waals surface area (Å²) in [4.78, 5) is 30.4. The van der Waals surface area contributed by atoms with Crippen LogP contribution in [0, 0.1) is 0 Å². The fourth-order valence-corrected chi connectivity index (χ4v) is 3.01. The maximum absolute atomic E-state index is 13.0. The van der Waals surface area contributed by atoms with Crippen molar-refractivity contribution in [2.75, 3.05) is 33.8 Å². The molecule has 0 saturated carbocycles. The van der Waals surface area contributed by atoms with E-state index in [9.17, 15) is 9.59 Å². The Balaban J connectivity index is 2.10. The first kappa shape index (κ1) is 20.3. The zero-order valence-corrected chi connectivity index (χ0v) is 16.3. The summed E-state index contributed by atoms with van der Waals surface area (Å²) in [6.07, 6.45) is 4.41. The minimum absolute atomic E-state index is 0.0120. The third-order valence-electron chi connectivity index (χ3n) is 4.78. The summed E-state index contributed by atoms with van der Waals surface area (Å²) in [6, 6.07) is 3.50. The van der Waals surface area contributed by atoms with Gasteiger partial charge in [-0.2, -0.15) is 0 Å². The van der Waals surface area contributed by atoms with Crippen molar-refractivity contribution in [3.05, 3.63) is 24.2 Å². The summed E-state index contributed by atoms with van der Waals surface area (Å²) in [5.74, 6) is 0.637. The van der Waals surface area contributed by atoms with Gasteiger partial charge in [0.1, 0.15) is 12.3 Å². The first-order valence-corrected chi connectivity index (χ1v) is 9.32. The number of ether oxygens (including phenoxy) is 1. The molecule has 0 aliphatic carbocycles. The molecule has 0 unspecified atom stereocenters. The number of nitrogens with zero attached hydrogens (tertiary/aromatic N) is 3. The van der Waals surface area contributed by atoms with Crippen LogP contribution in [0.4, 0.5) is 4.79 Å². The van der Waals surface area contributed by atoms with E-state index in [0.717, 1.165) is 31.6 Å². The maximum atomic E-state index is 13.0. The number of hydrogen-bond acceptors (Lipinski definition) is 4. The molecule has 1 fully saturated rings. The smallest absolute Gasteiger partial charge is 0.320 e. The fraction of sp³-hybridized carbons (Fsp3) is 0.684. The van der Waals surface area contributed by atoms with Crippen LogP contribution in [0.5, 0.6) is 0 Å². The normalized spacial score (nSPS) is 17.8. The van der Waals surface area contributed by atoms with Crippen LogP contribution in [-0.4, -0.2) is 72.6 Å². The van der Waals surface area contributed by atoms with Gasteiger partial charge >= 0.3 is 6.03 Å². The second-order valence-electron chi connectivity index (χ2n) is 7.05. The van der Waals surface area contributed by atoms with Crippen LogP contribution in [0.25, 0.3) is 0 Å². The maximum Gasteiger partial charge on any atom is 0.320 e. The molecule has 0 N–H and O–H groups in total. The van der Waals surface area contributed by atoms with E-state index < -0.39 is 0 Å². The van der Waals surface area contributed by atoms with Crippen molar-refractivity contribution in [2.24, 2.45) is 0 Å². The van der Waals surface area contributed by atoms with Gasteiger partial charge in [0, 0.05) is 33.3 Å². The Kier molecular flexibility index (Phi) is 7.50. The zero-order valence-electron chi connectivity index (χ0n) is 16.3. The molecule has 7 heteroatoms. The number of urea groups is 1. The summed E-state index contributed by atoms with van der Waals surface area (Å²) in [5.41, 5.74) is 0. The van der Waals surface area contributed by atoms with Crippen LogP contribution in [-0.2, 0) is 16.1 Å². The standard InChI is InChI=1S/C19H31N3O4/c1-5-15(2)22(19(24)20(3)4)14-18(23)21(12-16-8-6-10-25-16)13-17-9-7-11-26-17/h6,8,10,15,17H,5,7,9,11-14H2,1-4H3/t15-,17+/m1/s1. The first-order chi connectivity index (χ1) is 12.4. The van der Waals surface area contributed by atoms with Crippen molar-refractivity contribution >= 4 is 11.9 Å². The molecule has 3 amide bonds. The average Bonchev–Trinajstić information content (AvgIpc) is 3.31. The molecule has 2 rings (SSSR count). The molecule has 0 radical (unpaired) electrons. The van der Waals surface area contributed by atoms with Crippen LogP contribution in [0.15, 0.2) is 22.8 Å². The lowest BCUT2D eigenvalue weighted by atomic mass is 10.2. The van der Waals surface area contributed by atoms with Crippen LogP contribution in [0.1, 0.15) is 38.9 Å². The molecule has 0 spiro atoms.